The molecule has 0 saturated carbocycles. The lowest BCUT2D eigenvalue weighted by molar-refractivity contribution is -0.144. The second-order valence-electron chi connectivity index (χ2n) is 6.02. The van der Waals surface area contributed by atoms with E-state index in [1.54, 1.807) is 0 Å². The molecule has 4 rings (SSSR count). The van der Waals surface area contributed by atoms with E-state index >= 15 is 0 Å². The van der Waals surface area contributed by atoms with Crippen molar-refractivity contribution in [2.24, 2.45) is 0 Å². The predicted octanol–water partition coefficient (Wildman–Crippen LogP) is 0.302. The van der Waals surface area contributed by atoms with Crippen LogP contribution in [-0.2, 0) is 9.59 Å². The molecule has 2 bridgehead atoms. The lowest BCUT2D eigenvalue weighted by atomic mass is 9.86. The fourth-order valence-corrected chi connectivity index (χ4v) is 3.85. The Labute approximate surface area is 114 Å². The molecule has 4 fully saturated rings. The molecule has 5 nitrogen and oxygen atoms in total. The summed E-state index contributed by atoms with van der Waals surface area (Å²) in [7, 11) is 0. The summed E-state index contributed by atoms with van der Waals surface area (Å²) in [5.74, 6) is 0.284. The maximum absolute atomic E-state index is 11.7. The molecule has 5 heteroatoms. The van der Waals surface area contributed by atoms with Gasteiger partial charge in [0.05, 0.1) is 0 Å². The molecule has 4 aliphatic heterocycles. The monoisotopic (exact) mass is 265 g/mol. The molecule has 106 valence electrons. The summed E-state index contributed by atoms with van der Waals surface area (Å²) in [6, 6.07) is 1.51. The average molecular weight is 265 g/mol. The van der Waals surface area contributed by atoms with Gasteiger partial charge < -0.3 is 9.80 Å². The highest BCUT2D eigenvalue weighted by molar-refractivity contribution is 5.75. The van der Waals surface area contributed by atoms with Crippen LogP contribution in [0.5, 0.6) is 0 Å². The van der Waals surface area contributed by atoms with Crippen molar-refractivity contribution in [1.82, 2.24) is 14.7 Å². The first-order chi connectivity index (χ1) is 9.22. The molecule has 4 saturated heterocycles. The number of carbonyl (C=O) groups is 2. The summed E-state index contributed by atoms with van der Waals surface area (Å²) in [5.41, 5.74) is 0. The van der Waals surface area contributed by atoms with Gasteiger partial charge in [0, 0.05) is 50.7 Å². The fraction of sp³-hybridized carbons (Fsp3) is 0.857. The van der Waals surface area contributed by atoms with Gasteiger partial charge in [0.2, 0.25) is 12.3 Å². The van der Waals surface area contributed by atoms with Gasteiger partial charge in [0.25, 0.3) is 0 Å². The van der Waals surface area contributed by atoms with Crippen LogP contribution in [0.25, 0.3) is 0 Å². The number of hydrogen-bond donors (Lipinski definition) is 0. The third-order valence-corrected chi connectivity index (χ3v) is 5.04. The number of fused-ring (bicyclic) bond motifs is 2. The largest absolute Gasteiger partial charge is 0.343 e. The number of hydrogen-bond acceptors (Lipinski definition) is 3. The predicted molar refractivity (Wildman–Crippen MR) is 71.6 cm³/mol. The molecule has 2 atom stereocenters. The smallest absolute Gasteiger partial charge is 0.222 e. The Kier molecular flexibility index (Phi) is 3.48. The van der Waals surface area contributed by atoms with Crippen LogP contribution in [0, 0.1) is 0 Å². The van der Waals surface area contributed by atoms with Gasteiger partial charge in [-0.1, -0.05) is 6.92 Å². The van der Waals surface area contributed by atoms with E-state index in [0.29, 0.717) is 24.5 Å². The second-order valence-corrected chi connectivity index (χ2v) is 6.02. The molecule has 0 unspecified atom stereocenters. The van der Waals surface area contributed by atoms with Crippen LogP contribution in [-0.4, -0.2) is 71.3 Å². The zero-order valence-electron chi connectivity index (χ0n) is 11.6. The summed E-state index contributed by atoms with van der Waals surface area (Å²) in [4.78, 5) is 29.1. The van der Waals surface area contributed by atoms with Crippen molar-refractivity contribution in [1.29, 1.82) is 0 Å². The first-order valence-electron chi connectivity index (χ1n) is 7.47. The van der Waals surface area contributed by atoms with E-state index in [9.17, 15) is 9.59 Å². The van der Waals surface area contributed by atoms with Crippen LogP contribution < -0.4 is 0 Å². The summed E-state index contributed by atoms with van der Waals surface area (Å²) in [6.45, 7) is 5.80. The quantitative estimate of drug-likeness (QED) is 0.690. The van der Waals surface area contributed by atoms with Crippen molar-refractivity contribution >= 4 is 12.3 Å². The normalized spacial score (nSPS) is 32.1. The molecule has 4 heterocycles. The first-order valence-corrected chi connectivity index (χ1v) is 7.47. The van der Waals surface area contributed by atoms with Gasteiger partial charge in [-0.15, -0.1) is 0 Å². The van der Waals surface area contributed by atoms with E-state index in [1.165, 1.54) is 6.42 Å². The molecule has 0 aliphatic carbocycles. The first kappa shape index (κ1) is 12.9. The van der Waals surface area contributed by atoms with Crippen molar-refractivity contribution < 1.29 is 9.59 Å². The van der Waals surface area contributed by atoms with Crippen LogP contribution in [0.3, 0.4) is 0 Å². The van der Waals surface area contributed by atoms with Crippen LogP contribution in [0.1, 0.15) is 32.6 Å². The Morgan fingerprint density at radius 2 is 1.79 bits per heavy atom. The van der Waals surface area contributed by atoms with Gasteiger partial charge in [-0.05, 0) is 19.3 Å². The Hall–Kier alpha value is -1.10. The van der Waals surface area contributed by atoms with Gasteiger partial charge in [0.1, 0.15) is 0 Å². The molecule has 0 N–H and O–H groups in total. The van der Waals surface area contributed by atoms with E-state index in [-0.39, 0.29) is 5.91 Å². The molecule has 0 aromatic carbocycles. The summed E-state index contributed by atoms with van der Waals surface area (Å²) in [5, 5.41) is 0. The molecule has 0 aromatic rings. The van der Waals surface area contributed by atoms with E-state index in [4.69, 9.17) is 0 Å². The third-order valence-electron chi connectivity index (χ3n) is 5.04. The summed E-state index contributed by atoms with van der Waals surface area (Å²) in [6.07, 6.45) is 4.99. The lowest BCUT2D eigenvalue weighted by Gasteiger charge is -2.57. The van der Waals surface area contributed by atoms with E-state index in [0.717, 1.165) is 45.4 Å². The minimum absolute atomic E-state index is 0.284. The second kappa shape index (κ2) is 5.12. The number of rotatable bonds is 3. The molecular formula is C14H23N3O2. The number of amides is 2. The Balaban J connectivity index is 1.50. The molecule has 2 amide bonds. The minimum Gasteiger partial charge on any atom is -0.343 e. The lowest BCUT2D eigenvalue weighted by Crippen LogP contribution is -2.69. The third kappa shape index (κ3) is 2.24. The summed E-state index contributed by atoms with van der Waals surface area (Å²) >= 11 is 0. The van der Waals surface area contributed by atoms with Crippen molar-refractivity contribution in [3.05, 3.63) is 0 Å². The number of carbonyl (C=O) groups excluding carboxylic acids is 2. The van der Waals surface area contributed by atoms with Gasteiger partial charge >= 0.3 is 0 Å². The zero-order valence-corrected chi connectivity index (χ0v) is 11.6. The van der Waals surface area contributed by atoms with Gasteiger partial charge in [-0.2, -0.15) is 0 Å². The van der Waals surface area contributed by atoms with Crippen LogP contribution in [0.15, 0.2) is 0 Å². The highest BCUT2D eigenvalue weighted by atomic mass is 16.2. The van der Waals surface area contributed by atoms with Gasteiger partial charge in [-0.25, -0.2) is 0 Å². The Morgan fingerprint density at radius 3 is 2.32 bits per heavy atom. The minimum atomic E-state index is 0.284. The van der Waals surface area contributed by atoms with Crippen molar-refractivity contribution in [3.63, 3.8) is 0 Å². The van der Waals surface area contributed by atoms with Crippen molar-refractivity contribution in [2.45, 2.75) is 50.7 Å². The highest BCUT2D eigenvalue weighted by Gasteiger charge is 2.45. The zero-order chi connectivity index (χ0) is 13.4. The number of nitrogens with zero attached hydrogens (tertiary/aromatic N) is 3. The maximum Gasteiger partial charge on any atom is 0.222 e. The standard InChI is InChI=1S/C14H23N3O2/c1-2-14(19)15-5-3-11(4-6-15)16-8-12-7-13(9-16)17(12)10-18/h10-13H,2-9H2,1H3/t12-,13+. The van der Waals surface area contributed by atoms with Crippen LogP contribution >= 0.6 is 0 Å². The maximum atomic E-state index is 11.7. The highest BCUT2D eigenvalue weighted by Crippen LogP contribution is 2.33. The number of likely N-dealkylation sites (tertiary alicyclic amines) is 1. The van der Waals surface area contributed by atoms with Crippen molar-refractivity contribution in [2.75, 3.05) is 26.2 Å². The Morgan fingerprint density at radius 1 is 1.16 bits per heavy atom. The van der Waals surface area contributed by atoms with Gasteiger partial charge in [-0.3, -0.25) is 14.5 Å². The Bertz CT molecular complexity index is 354. The van der Waals surface area contributed by atoms with Crippen molar-refractivity contribution in [3.8, 4) is 0 Å². The molecule has 0 spiro atoms. The molecule has 0 radical (unpaired) electrons. The molecule has 4 aliphatic rings. The number of piperidine rings is 2. The van der Waals surface area contributed by atoms with E-state index in [1.807, 2.05) is 16.7 Å². The average Bonchev–Trinajstić information content (AvgIpc) is 2.47. The number of piperazine rings is 1. The van der Waals surface area contributed by atoms with E-state index < -0.39 is 0 Å². The van der Waals surface area contributed by atoms with Crippen LogP contribution in [0.2, 0.25) is 0 Å². The van der Waals surface area contributed by atoms with Crippen LogP contribution in [0.4, 0.5) is 0 Å². The van der Waals surface area contributed by atoms with Gasteiger partial charge in [0.15, 0.2) is 0 Å². The SMILES string of the molecule is CCC(=O)N1CCC(N2C[C@H]3C[C@@H](C2)N3C=O)CC1. The topological polar surface area (TPSA) is 43.9 Å². The fourth-order valence-electron chi connectivity index (χ4n) is 3.85. The molecule has 0 aromatic heterocycles. The molecular weight excluding hydrogens is 242 g/mol. The van der Waals surface area contributed by atoms with E-state index in [2.05, 4.69) is 4.90 Å². The summed E-state index contributed by atoms with van der Waals surface area (Å²) < 4.78 is 0. The molecule has 19 heavy (non-hydrogen) atoms.